The first-order chi connectivity index (χ1) is 7.29. The highest BCUT2D eigenvalue weighted by Gasteiger charge is 2.00. The molecule has 3 heteroatoms. The molecule has 0 aliphatic heterocycles. The Bertz CT molecular complexity index is 494. The van der Waals surface area contributed by atoms with Crippen molar-refractivity contribution in [1.29, 1.82) is 0 Å². The van der Waals surface area contributed by atoms with Crippen LogP contribution in [0.2, 0.25) is 0 Å². The largest absolute Gasteiger partial charge is 0.296 e. The van der Waals surface area contributed by atoms with E-state index in [1.807, 2.05) is 31.2 Å². The maximum atomic E-state index is 10.6. The van der Waals surface area contributed by atoms with E-state index in [0.29, 0.717) is 5.69 Å². The van der Waals surface area contributed by atoms with Crippen LogP contribution in [0, 0.1) is 6.92 Å². The highest BCUT2D eigenvalue weighted by Crippen LogP contribution is 2.17. The van der Waals surface area contributed by atoms with Gasteiger partial charge in [0.2, 0.25) is 0 Å². The summed E-state index contributed by atoms with van der Waals surface area (Å²) in [6.07, 6.45) is 2.13. The summed E-state index contributed by atoms with van der Waals surface area (Å²) in [5.41, 5.74) is 3.34. The maximum Gasteiger partial charge on any atom is 0.168 e. The third kappa shape index (κ3) is 2.07. The molecule has 0 amide bonds. The normalized spacial score (nSPS) is 9.93. The van der Waals surface area contributed by atoms with Crippen LogP contribution in [0.25, 0.3) is 11.3 Å². The average molecular weight is 198 g/mol. The summed E-state index contributed by atoms with van der Waals surface area (Å²) in [5.74, 6) is 0. The van der Waals surface area contributed by atoms with Crippen molar-refractivity contribution >= 4 is 6.29 Å². The van der Waals surface area contributed by atoms with E-state index in [0.717, 1.165) is 17.5 Å². The standard InChI is InChI=1S/C12H10N2O/c1-9-3-2-4-10(5-9)12-6-11(7-15)13-8-14-12/h2-8H,1H3. The lowest BCUT2D eigenvalue weighted by Crippen LogP contribution is -1.91. The van der Waals surface area contributed by atoms with Gasteiger partial charge in [0, 0.05) is 5.56 Å². The second-order valence-electron chi connectivity index (χ2n) is 3.32. The van der Waals surface area contributed by atoms with E-state index in [9.17, 15) is 4.79 Å². The van der Waals surface area contributed by atoms with E-state index >= 15 is 0 Å². The number of carbonyl (C=O) groups is 1. The third-order valence-corrected chi connectivity index (χ3v) is 2.12. The van der Waals surface area contributed by atoms with Crippen molar-refractivity contribution in [2.24, 2.45) is 0 Å². The molecule has 0 saturated carbocycles. The fraction of sp³-hybridized carbons (Fsp3) is 0.0833. The van der Waals surface area contributed by atoms with Gasteiger partial charge in [0.1, 0.15) is 12.0 Å². The molecule has 0 atom stereocenters. The number of nitrogens with zero attached hydrogens (tertiary/aromatic N) is 2. The number of carbonyl (C=O) groups excluding carboxylic acids is 1. The van der Waals surface area contributed by atoms with Crippen molar-refractivity contribution in [2.45, 2.75) is 6.92 Å². The number of hydrogen-bond donors (Lipinski definition) is 0. The van der Waals surface area contributed by atoms with Gasteiger partial charge < -0.3 is 0 Å². The topological polar surface area (TPSA) is 42.9 Å². The summed E-state index contributed by atoms with van der Waals surface area (Å²) in [6, 6.07) is 9.65. The minimum Gasteiger partial charge on any atom is -0.296 e. The molecule has 0 aliphatic rings. The predicted octanol–water partition coefficient (Wildman–Crippen LogP) is 2.26. The lowest BCUT2D eigenvalue weighted by atomic mass is 10.1. The third-order valence-electron chi connectivity index (χ3n) is 2.12. The molecule has 0 N–H and O–H groups in total. The Kier molecular flexibility index (Phi) is 2.54. The molecule has 1 aromatic heterocycles. The Morgan fingerprint density at radius 1 is 1.20 bits per heavy atom. The number of hydrogen-bond acceptors (Lipinski definition) is 3. The zero-order valence-corrected chi connectivity index (χ0v) is 8.34. The summed E-state index contributed by atoms with van der Waals surface area (Å²) in [6.45, 7) is 2.02. The van der Waals surface area contributed by atoms with Crippen molar-refractivity contribution in [3.63, 3.8) is 0 Å². The SMILES string of the molecule is Cc1cccc(-c2cc(C=O)ncn2)c1. The second-order valence-corrected chi connectivity index (χ2v) is 3.32. The number of benzene rings is 1. The minimum absolute atomic E-state index is 0.404. The molecule has 2 rings (SSSR count). The highest BCUT2D eigenvalue weighted by molar-refractivity contribution is 5.74. The predicted molar refractivity (Wildman–Crippen MR) is 57.6 cm³/mol. The smallest absolute Gasteiger partial charge is 0.168 e. The summed E-state index contributed by atoms with van der Waals surface area (Å²) in [7, 11) is 0. The van der Waals surface area contributed by atoms with E-state index in [2.05, 4.69) is 9.97 Å². The van der Waals surface area contributed by atoms with Gasteiger partial charge in [-0.05, 0) is 19.1 Å². The van der Waals surface area contributed by atoms with Gasteiger partial charge in [-0.2, -0.15) is 0 Å². The Hall–Kier alpha value is -2.03. The molecular weight excluding hydrogens is 188 g/mol. The van der Waals surface area contributed by atoms with Crippen LogP contribution in [-0.2, 0) is 0 Å². The van der Waals surface area contributed by atoms with E-state index < -0.39 is 0 Å². The molecule has 1 aromatic carbocycles. The van der Waals surface area contributed by atoms with Gasteiger partial charge in [-0.25, -0.2) is 9.97 Å². The maximum absolute atomic E-state index is 10.6. The lowest BCUT2D eigenvalue weighted by molar-refractivity contribution is 0.111. The zero-order chi connectivity index (χ0) is 10.7. The Morgan fingerprint density at radius 2 is 2.07 bits per heavy atom. The van der Waals surface area contributed by atoms with Crippen LogP contribution in [0.15, 0.2) is 36.7 Å². The molecule has 15 heavy (non-hydrogen) atoms. The first-order valence-corrected chi connectivity index (χ1v) is 4.64. The minimum atomic E-state index is 0.404. The number of rotatable bonds is 2. The van der Waals surface area contributed by atoms with E-state index in [1.54, 1.807) is 6.07 Å². The molecule has 0 fully saturated rings. The first kappa shape index (κ1) is 9.52. The molecule has 2 aromatic rings. The Labute approximate surface area is 87.8 Å². The Morgan fingerprint density at radius 3 is 2.80 bits per heavy atom. The molecule has 0 saturated heterocycles. The molecule has 0 unspecified atom stereocenters. The van der Waals surface area contributed by atoms with Crippen LogP contribution < -0.4 is 0 Å². The van der Waals surface area contributed by atoms with Crippen LogP contribution >= 0.6 is 0 Å². The number of aldehydes is 1. The van der Waals surface area contributed by atoms with Gasteiger partial charge >= 0.3 is 0 Å². The summed E-state index contributed by atoms with van der Waals surface area (Å²) in [4.78, 5) is 18.5. The monoisotopic (exact) mass is 198 g/mol. The summed E-state index contributed by atoms with van der Waals surface area (Å²) < 4.78 is 0. The Balaban J connectivity index is 2.49. The van der Waals surface area contributed by atoms with Crippen LogP contribution in [0.4, 0.5) is 0 Å². The van der Waals surface area contributed by atoms with Crippen LogP contribution in [0.1, 0.15) is 16.1 Å². The molecular formula is C12H10N2O. The molecule has 3 nitrogen and oxygen atoms in total. The average Bonchev–Trinajstić information content (AvgIpc) is 2.29. The number of aromatic nitrogens is 2. The van der Waals surface area contributed by atoms with Crippen molar-refractivity contribution < 1.29 is 4.79 Å². The van der Waals surface area contributed by atoms with Crippen LogP contribution in [0.5, 0.6) is 0 Å². The van der Waals surface area contributed by atoms with Crippen molar-refractivity contribution in [1.82, 2.24) is 9.97 Å². The van der Waals surface area contributed by atoms with Crippen LogP contribution in [-0.4, -0.2) is 16.3 Å². The fourth-order valence-electron chi connectivity index (χ4n) is 1.40. The molecule has 0 radical (unpaired) electrons. The molecule has 1 heterocycles. The van der Waals surface area contributed by atoms with Gasteiger partial charge in [-0.1, -0.05) is 23.8 Å². The van der Waals surface area contributed by atoms with E-state index in [4.69, 9.17) is 0 Å². The van der Waals surface area contributed by atoms with Gasteiger partial charge in [-0.15, -0.1) is 0 Å². The van der Waals surface area contributed by atoms with Gasteiger partial charge in [0.05, 0.1) is 5.69 Å². The molecule has 0 bridgehead atoms. The quantitative estimate of drug-likeness (QED) is 0.695. The van der Waals surface area contributed by atoms with Gasteiger partial charge in [0.15, 0.2) is 6.29 Å². The van der Waals surface area contributed by atoms with Crippen molar-refractivity contribution in [3.05, 3.63) is 47.9 Å². The number of aryl methyl sites for hydroxylation is 1. The van der Waals surface area contributed by atoms with E-state index in [1.165, 1.54) is 11.9 Å². The summed E-state index contributed by atoms with van der Waals surface area (Å²) >= 11 is 0. The molecule has 74 valence electrons. The molecule has 0 spiro atoms. The first-order valence-electron chi connectivity index (χ1n) is 4.64. The summed E-state index contributed by atoms with van der Waals surface area (Å²) in [5, 5.41) is 0. The van der Waals surface area contributed by atoms with E-state index in [-0.39, 0.29) is 0 Å². The van der Waals surface area contributed by atoms with Crippen molar-refractivity contribution in [2.75, 3.05) is 0 Å². The fourth-order valence-corrected chi connectivity index (χ4v) is 1.40. The van der Waals surface area contributed by atoms with Crippen molar-refractivity contribution in [3.8, 4) is 11.3 Å². The zero-order valence-electron chi connectivity index (χ0n) is 8.34. The molecule has 0 aliphatic carbocycles. The highest BCUT2D eigenvalue weighted by atomic mass is 16.1. The van der Waals surface area contributed by atoms with Gasteiger partial charge in [-0.3, -0.25) is 4.79 Å². The second kappa shape index (κ2) is 4.00. The van der Waals surface area contributed by atoms with Crippen LogP contribution in [0.3, 0.4) is 0 Å². The lowest BCUT2D eigenvalue weighted by Gasteiger charge is -2.01. The van der Waals surface area contributed by atoms with Gasteiger partial charge in [0.25, 0.3) is 0 Å².